The number of aromatic nitrogens is 1. The molecule has 1 aromatic heterocycles. The molecule has 146 valence electrons. The molecule has 28 heavy (non-hydrogen) atoms. The molecule has 0 saturated heterocycles. The van der Waals surface area contributed by atoms with Gasteiger partial charge in [-0.3, -0.25) is 4.79 Å². The molecule has 1 N–H and O–H groups in total. The number of hydrogen-bond acceptors (Lipinski definition) is 5. The van der Waals surface area contributed by atoms with Gasteiger partial charge in [0.1, 0.15) is 0 Å². The second-order valence-corrected chi connectivity index (χ2v) is 9.83. The molecule has 0 aliphatic heterocycles. The lowest BCUT2D eigenvalue weighted by Gasteiger charge is -2.05. The number of hydrogen-bond donors (Lipinski definition) is 1. The van der Waals surface area contributed by atoms with Crippen LogP contribution in [0.1, 0.15) is 17.5 Å². The van der Waals surface area contributed by atoms with Gasteiger partial charge in [0.05, 0.1) is 16.3 Å². The third-order valence-electron chi connectivity index (χ3n) is 4.19. The Bertz CT molecular complexity index is 1110. The average molecular weight is 435 g/mol. The van der Waals surface area contributed by atoms with Crippen LogP contribution in [-0.4, -0.2) is 25.1 Å². The van der Waals surface area contributed by atoms with Gasteiger partial charge in [0.25, 0.3) is 0 Å². The smallest absolute Gasteiger partial charge is 0.227 e. The molecule has 0 bridgehead atoms. The van der Waals surface area contributed by atoms with Crippen molar-refractivity contribution in [2.75, 3.05) is 11.1 Å². The van der Waals surface area contributed by atoms with Gasteiger partial charge in [-0.1, -0.05) is 29.3 Å². The van der Waals surface area contributed by atoms with Gasteiger partial charge < -0.3 is 5.32 Å². The number of carbonyl (C=O) groups is 1. The second kappa shape index (κ2) is 8.43. The molecule has 0 atom stereocenters. The maximum Gasteiger partial charge on any atom is 0.227 e. The van der Waals surface area contributed by atoms with Gasteiger partial charge in [0.15, 0.2) is 15.0 Å². The predicted octanol–water partition coefficient (Wildman–Crippen LogP) is 4.88. The molecule has 0 aliphatic carbocycles. The maximum atomic E-state index is 12.3. The lowest BCUT2D eigenvalue weighted by Crippen LogP contribution is -2.17. The van der Waals surface area contributed by atoms with E-state index in [0.717, 1.165) is 22.4 Å². The van der Waals surface area contributed by atoms with Crippen molar-refractivity contribution in [2.45, 2.75) is 25.2 Å². The van der Waals surface area contributed by atoms with E-state index in [1.807, 2.05) is 31.4 Å². The Hall–Kier alpha value is -2.22. The van der Waals surface area contributed by atoms with Crippen LogP contribution < -0.4 is 5.32 Å². The van der Waals surface area contributed by atoms with Gasteiger partial charge in [-0.2, -0.15) is 0 Å². The number of nitrogens with one attached hydrogen (secondary N) is 1. The predicted molar refractivity (Wildman–Crippen MR) is 114 cm³/mol. The molecule has 3 aromatic rings. The summed E-state index contributed by atoms with van der Waals surface area (Å²) >= 11 is 7.09. The van der Waals surface area contributed by atoms with Crippen LogP contribution in [0.5, 0.6) is 0 Å². The summed E-state index contributed by atoms with van der Waals surface area (Å²) in [4.78, 5) is 16.8. The molecule has 0 saturated carbocycles. The highest BCUT2D eigenvalue weighted by Crippen LogP contribution is 2.28. The Labute approximate surface area is 173 Å². The van der Waals surface area contributed by atoms with Crippen LogP contribution in [-0.2, 0) is 14.6 Å². The zero-order valence-corrected chi connectivity index (χ0v) is 17.8. The van der Waals surface area contributed by atoms with E-state index in [9.17, 15) is 13.2 Å². The van der Waals surface area contributed by atoms with Crippen LogP contribution in [0.4, 0.5) is 5.13 Å². The van der Waals surface area contributed by atoms with E-state index >= 15 is 0 Å². The highest BCUT2D eigenvalue weighted by Gasteiger charge is 2.17. The van der Waals surface area contributed by atoms with Crippen molar-refractivity contribution in [2.24, 2.45) is 0 Å². The Morgan fingerprint density at radius 3 is 2.57 bits per heavy atom. The zero-order valence-electron chi connectivity index (χ0n) is 15.4. The molecule has 5 nitrogen and oxygen atoms in total. The number of thiazole rings is 1. The first-order chi connectivity index (χ1) is 13.2. The molecule has 3 rings (SSSR count). The van der Waals surface area contributed by atoms with Crippen LogP contribution in [0.15, 0.2) is 52.7 Å². The minimum absolute atomic E-state index is 0.149. The molecule has 0 spiro atoms. The van der Waals surface area contributed by atoms with Gasteiger partial charge in [-0.25, -0.2) is 13.4 Å². The number of amides is 1. The van der Waals surface area contributed by atoms with Crippen molar-refractivity contribution < 1.29 is 13.2 Å². The number of aryl methyl sites for hydroxylation is 2. The first kappa shape index (κ1) is 20.5. The van der Waals surface area contributed by atoms with Crippen LogP contribution in [0.2, 0.25) is 5.02 Å². The summed E-state index contributed by atoms with van der Waals surface area (Å²) in [6, 6.07) is 12.0. The topological polar surface area (TPSA) is 76.1 Å². The first-order valence-electron chi connectivity index (χ1n) is 8.56. The molecule has 0 fully saturated rings. The Balaban J connectivity index is 1.63. The molecule has 2 aromatic carbocycles. The van der Waals surface area contributed by atoms with E-state index in [4.69, 9.17) is 11.6 Å². The second-order valence-electron chi connectivity index (χ2n) is 6.43. The van der Waals surface area contributed by atoms with Crippen molar-refractivity contribution >= 4 is 43.8 Å². The summed E-state index contributed by atoms with van der Waals surface area (Å²) in [5.74, 6) is -0.671. The molecular weight excluding hydrogens is 416 g/mol. The highest BCUT2D eigenvalue weighted by atomic mass is 35.5. The van der Waals surface area contributed by atoms with Gasteiger partial charge in [0.2, 0.25) is 5.91 Å². The summed E-state index contributed by atoms with van der Waals surface area (Å²) in [5, 5.41) is 5.47. The largest absolute Gasteiger partial charge is 0.302 e. The number of benzene rings is 2. The lowest BCUT2D eigenvalue weighted by molar-refractivity contribution is -0.115. The van der Waals surface area contributed by atoms with Crippen molar-refractivity contribution in [3.05, 3.63) is 64.0 Å². The van der Waals surface area contributed by atoms with Gasteiger partial charge in [-0.15, -0.1) is 11.3 Å². The Morgan fingerprint density at radius 1 is 1.14 bits per heavy atom. The van der Waals surface area contributed by atoms with Gasteiger partial charge in [0, 0.05) is 22.4 Å². The standard InChI is InChI=1S/C20H19ClN2O3S2/c1-13-3-4-14(2)17(11-13)18-12-27-20(22-18)23-19(24)9-10-28(25,26)16-7-5-15(21)6-8-16/h3-8,11-12H,9-10H2,1-2H3,(H,22,23,24). The SMILES string of the molecule is Cc1ccc(C)c(-c2csc(NC(=O)CCS(=O)(=O)c3ccc(Cl)cc3)n2)c1. The number of anilines is 1. The fourth-order valence-corrected chi connectivity index (χ4v) is 4.73. The van der Waals surface area contributed by atoms with Crippen molar-refractivity contribution in [1.29, 1.82) is 0 Å². The van der Waals surface area contributed by atoms with Crippen LogP contribution >= 0.6 is 22.9 Å². The number of carbonyl (C=O) groups excluding carboxylic acids is 1. The molecule has 0 aliphatic rings. The summed E-state index contributed by atoms with van der Waals surface area (Å²) < 4.78 is 24.6. The van der Waals surface area contributed by atoms with E-state index in [1.54, 1.807) is 0 Å². The third-order valence-corrected chi connectivity index (χ3v) is 6.93. The number of sulfone groups is 1. The molecular formula is C20H19ClN2O3S2. The van der Waals surface area contributed by atoms with Crippen molar-refractivity contribution in [3.8, 4) is 11.3 Å². The van der Waals surface area contributed by atoms with Crippen LogP contribution in [0.3, 0.4) is 0 Å². The van der Waals surface area contributed by atoms with Crippen LogP contribution in [0.25, 0.3) is 11.3 Å². The van der Waals surface area contributed by atoms with E-state index in [2.05, 4.69) is 16.4 Å². The van der Waals surface area contributed by atoms with Gasteiger partial charge >= 0.3 is 0 Å². The fraction of sp³-hybridized carbons (Fsp3) is 0.200. The third kappa shape index (κ3) is 4.98. The molecule has 1 heterocycles. The number of rotatable bonds is 6. The minimum Gasteiger partial charge on any atom is -0.302 e. The molecule has 8 heteroatoms. The number of halogens is 1. The summed E-state index contributed by atoms with van der Waals surface area (Å²) in [6.07, 6.45) is -0.149. The summed E-state index contributed by atoms with van der Waals surface area (Å²) in [6.45, 7) is 4.02. The van der Waals surface area contributed by atoms with E-state index in [0.29, 0.717) is 10.2 Å². The Morgan fingerprint density at radius 2 is 1.86 bits per heavy atom. The van der Waals surface area contributed by atoms with Crippen molar-refractivity contribution in [3.63, 3.8) is 0 Å². The minimum atomic E-state index is -3.55. The number of nitrogens with zero attached hydrogens (tertiary/aromatic N) is 1. The monoisotopic (exact) mass is 434 g/mol. The lowest BCUT2D eigenvalue weighted by atomic mass is 10.0. The maximum absolute atomic E-state index is 12.3. The summed E-state index contributed by atoms with van der Waals surface area (Å²) in [7, 11) is -3.55. The first-order valence-corrected chi connectivity index (χ1v) is 11.5. The van der Waals surface area contributed by atoms with Crippen LogP contribution in [0, 0.1) is 13.8 Å². The van der Waals surface area contributed by atoms with E-state index in [1.165, 1.54) is 35.6 Å². The van der Waals surface area contributed by atoms with E-state index in [-0.39, 0.29) is 23.0 Å². The highest BCUT2D eigenvalue weighted by molar-refractivity contribution is 7.91. The molecule has 0 radical (unpaired) electrons. The fourth-order valence-electron chi connectivity index (χ4n) is 2.64. The molecule has 1 amide bonds. The van der Waals surface area contributed by atoms with Gasteiger partial charge in [-0.05, 0) is 49.7 Å². The molecule has 0 unspecified atom stereocenters. The Kier molecular flexibility index (Phi) is 6.17. The van der Waals surface area contributed by atoms with Crippen molar-refractivity contribution in [1.82, 2.24) is 4.98 Å². The normalized spacial score (nSPS) is 11.4. The quantitative estimate of drug-likeness (QED) is 0.599. The summed E-state index contributed by atoms with van der Waals surface area (Å²) in [5.41, 5.74) is 4.03. The van der Waals surface area contributed by atoms with E-state index < -0.39 is 9.84 Å². The zero-order chi connectivity index (χ0) is 20.3. The average Bonchev–Trinajstić information content (AvgIpc) is 3.11.